The summed E-state index contributed by atoms with van der Waals surface area (Å²) < 4.78 is 7.47. The minimum atomic E-state index is 1.17. The average molecular weight is 667 g/mol. The van der Waals surface area contributed by atoms with Crippen LogP contribution in [0.4, 0.5) is 0 Å². The fraction of sp³-hybridized carbons (Fsp3) is 0. The van der Waals surface area contributed by atoms with E-state index >= 15 is 0 Å². The van der Waals surface area contributed by atoms with Crippen molar-refractivity contribution in [1.82, 2.24) is 9.13 Å². The molecule has 0 unspecified atom stereocenters. The molecule has 11 rings (SSSR count). The van der Waals surface area contributed by atoms with E-state index in [1.807, 2.05) is 11.3 Å². The molecular formula is C48H30N2S. The summed E-state index contributed by atoms with van der Waals surface area (Å²) in [6, 6.07) is 66.5. The lowest BCUT2D eigenvalue weighted by atomic mass is 10.0. The van der Waals surface area contributed by atoms with Crippen molar-refractivity contribution in [2.75, 3.05) is 0 Å². The number of nitrogens with zero attached hydrogens (tertiary/aromatic N) is 2. The van der Waals surface area contributed by atoms with E-state index < -0.39 is 0 Å². The smallest absolute Gasteiger partial charge is 0.0555 e. The summed E-state index contributed by atoms with van der Waals surface area (Å²) in [5, 5.41) is 7.82. The van der Waals surface area contributed by atoms with Crippen molar-refractivity contribution in [2.24, 2.45) is 0 Å². The van der Waals surface area contributed by atoms with E-state index in [0.717, 1.165) is 0 Å². The van der Waals surface area contributed by atoms with Crippen molar-refractivity contribution in [3.8, 4) is 33.6 Å². The topological polar surface area (TPSA) is 9.86 Å². The van der Waals surface area contributed by atoms with Gasteiger partial charge in [-0.2, -0.15) is 0 Å². The summed E-state index contributed by atoms with van der Waals surface area (Å²) in [5.41, 5.74) is 12.2. The van der Waals surface area contributed by atoms with E-state index in [1.54, 1.807) is 0 Å². The van der Waals surface area contributed by atoms with Crippen molar-refractivity contribution >= 4 is 75.1 Å². The van der Waals surface area contributed by atoms with Crippen LogP contribution < -0.4 is 0 Å². The Kier molecular flexibility index (Phi) is 6.16. The summed E-state index contributed by atoms with van der Waals surface area (Å²) >= 11 is 1.90. The maximum Gasteiger partial charge on any atom is 0.0555 e. The van der Waals surface area contributed by atoms with Gasteiger partial charge in [0, 0.05) is 53.1 Å². The second-order valence-electron chi connectivity index (χ2n) is 13.3. The average Bonchev–Trinajstić information content (AvgIpc) is 3.86. The molecule has 0 aliphatic heterocycles. The Bertz CT molecular complexity index is 3050. The van der Waals surface area contributed by atoms with Crippen molar-refractivity contribution in [3.05, 3.63) is 182 Å². The number of benzene rings is 8. The summed E-state index contributed by atoms with van der Waals surface area (Å²) in [7, 11) is 0. The molecule has 3 aromatic heterocycles. The molecule has 51 heavy (non-hydrogen) atoms. The predicted molar refractivity (Wildman–Crippen MR) is 219 cm³/mol. The first-order chi connectivity index (χ1) is 25.3. The van der Waals surface area contributed by atoms with E-state index in [1.165, 1.54) is 97.4 Å². The third-order valence-electron chi connectivity index (χ3n) is 10.5. The summed E-state index contributed by atoms with van der Waals surface area (Å²) in [6.07, 6.45) is 0. The molecule has 11 aromatic rings. The standard InChI is InChI=1S/C48H30N2S/c1-2-10-31(11-3-1)34-22-29-46-41(30-34)39-27-28-45-47(48(39)51-46)40-14-6-9-17-44(40)50(45)36-25-20-33(21-26-36)32-18-23-35(24-19-32)49-42-15-7-4-12-37(42)38-13-5-8-16-43(38)49/h1-30H. The first-order valence-electron chi connectivity index (χ1n) is 17.4. The Morgan fingerprint density at radius 3 is 1.43 bits per heavy atom. The van der Waals surface area contributed by atoms with Gasteiger partial charge in [-0.3, -0.25) is 0 Å². The van der Waals surface area contributed by atoms with Gasteiger partial charge in [0.15, 0.2) is 0 Å². The first-order valence-corrected chi connectivity index (χ1v) is 18.3. The van der Waals surface area contributed by atoms with Gasteiger partial charge in [-0.25, -0.2) is 0 Å². The molecule has 238 valence electrons. The van der Waals surface area contributed by atoms with E-state index in [2.05, 4.69) is 191 Å². The zero-order valence-electron chi connectivity index (χ0n) is 27.6. The zero-order chi connectivity index (χ0) is 33.5. The van der Waals surface area contributed by atoms with Crippen LogP contribution in [0, 0.1) is 0 Å². The molecule has 8 aromatic carbocycles. The molecule has 0 bridgehead atoms. The van der Waals surface area contributed by atoms with Crippen LogP contribution in [-0.4, -0.2) is 9.13 Å². The van der Waals surface area contributed by atoms with E-state index in [-0.39, 0.29) is 0 Å². The second kappa shape index (κ2) is 11.0. The molecule has 3 heteroatoms. The van der Waals surface area contributed by atoms with E-state index in [9.17, 15) is 0 Å². The third kappa shape index (κ3) is 4.29. The lowest BCUT2D eigenvalue weighted by Gasteiger charge is -2.11. The molecule has 3 heterocycles. The predicted octanol–water partition coefficient (Wildman–Crippen LogP) is 13.6. The van der Waals surface area contributed by atoms with Gasteiger partial charge in [0.1, 0.15) is 0 Å². The van der Waals surface area contributed by atoms with Gasteiger partial charge in [-0.15, -0.1) is 11.3 Å². The monoisotopic (exact) mass is 666 g/mol. The zero-order valence-corrected chi connectivity index (χ0v) is 28.4. The number of hydrogen-bond donors (Lipinski definition) is 0. The molecule has 0 saturated heterocycles. The number of fused-ring (bicyclic) bond motifs is 10. The fourth-order valence-corrected chi connectivity index (χ4v) is 9.42. The molecule has 0 amide bonds. The molecule has 0 saturated carbocycles. The maximum absolute atomic E-state index is 2.43. The summed E-state index contributed by atoms with van der Waals surface area (Å²) in [5.74, 6) is 0. The molecule has 2 nitrogen and oxygen atoms in total. The molecular weight excluding hydrogens is 637 g/mol. The number of thiophene rings is 1. The van der Waals surface area contributed by atoms with Crippen LogP contribution in [0.1, 0.15) is 0 Å². The summed E-state index contributed by atoms with van der Waals surface area (Å²) in [4.78, 5) is 0. The number of aromatic nitrogens is 2. The molecule has 0 N–H and O–H groups in total. The van der Waals surface area contributed by atoms with Crippen LogP contribution in [0.2, 0.25) is 0 Å². The lowest BCUT2D eigenvalue weighted by Crippen LogP contribution is -1.94. The number of para-hydroxylation sites is 3. The normalized spacial score (nSPS) is 11.9. The molecule has 0 spiro atoms. The van der Waals surface area contributed by atoms with Gasteiger partial charge in [-0.05, 0) is 82.9 Å². The Balaban J connectivity index is 1.00. The van der Waals surface area contributed by atoms with Crippen molar-refractivity contribution in [2.45, 2.75) is 0 Å². The Labute approximate surface area is 298 Å². The molecule has 0 atom stereocenters. The third-order valence-corrected chi connectivity index (χ3v) is 11.7. The molecule has 0 fully saturated rings. The van der Waals surface area contributed by atoms with Gasteiger partial charge >= 0.3 is 0 Å². The first kappa shape index (κ1) is 28.4. The highest BCUT2D eigenvalue weighted by Crippen LogP contribution is 2.44. The van der Waals surface area contributed by atoms with Crippen LogP contribution in [0.5, 0.6) is 0 Å². The van der Waals surface area contributed by atoms with Crippen LogP contribution in [0.15, 0.2) is 182 Å². The summed E-state index contributed by atoms with van der Waals surface area (Å²) in [6.45, 7) is 0. The van der Waals surface area contributed by atoms with Gasteiger partial charge in [0.25, 0.3) is 0 Å². The minimum Gasteiger partial charge on any atom is -0.309 e. The minimum absolute atomic E-state index is 1.17. The van der Waals surface area contributed by atoms with Gasteiger partial charge in [0.2, 0.25) is 0 Å². The SMILES string of the molecule is c1ccc(-c2ccc3sc4c(ccc5c4c4ccccc4n5-c4ccc(-c5ccc(-n6c7ccccc7c7ccccc76)cc5)cc4)c3c2)cc1. The van der Waals surface area contributed by atoms with Crippen molar-refractivity contribution in [1.29, 1.82) is 0 Å². The van der Waals surface area contributed by atoms with Crippen molar-refractivity contribution in [3.63, 3.8) is 0 Å². The van der Waals surface area contributed by atoms with E-state index in [4.69, 9.17) is 0 Å². The Morgan fingerprint density at radius 2 is 0.804 bits per heavy atom. The molecule has 0 radical (unpaired) electrons. The Morgan fingerprint density at radius 1 is 0.314 bits per heavy atom. The maximum atomic E-state index is 2.43. The van der Waals surface area contributed by atoms with Gasteiger partial charge in [-0.1, -0.05) is 121 Å². The Hall–Kier alpha value is -6.42. The molecule has 0 aliphatic rings. The van der Waals surface area contributed by atoms with Crippen LogP contribution >= 0.6 is 11.3 Å². The quantitative estimate of drug-likeness (QED) is 0.177. The fourth-order valence-electron chi connectivity index (χ4n) is 8.18. The highest BCUT2D eigenvalue weighted by molar-refractivity contribution is 7.26. The second-order valence-corrected chi connectivity index (χ2v) is 14.4. The van der Waals surface area contributed by atoms with Crippen LogP contribution in [0.3, 0.4) is 0 Å². The number of hydrogen-bond acceptors (Lipinski definition) is 1. The lowest BCUT2D eigenvalue weighted by molar-refractivity contribution is 1.18. The molecule has 0 aliphatic carbocycles. The van der Waals surface area contributed by atoms with Crippen molar-refractivity contribution < 1.29 is 0 Å². The highest BCUT2D eigenvalue weighted by Gasteiger charge is 2.18. The number of rotatable bonds is 4. The largest absolute Gasteiger partial charge is 0.309 e. The van der Waals surface area contributed by atoms with Gasteiger partial charge in [0.05, 0.1) is 22.1 Å². The van der Waals surface area contributed by atoms with E-state index in [0.29, 0.717) is 0 Å². The van der Waals surface area contributed by atoms with Crippen LogP contribution in [-0.2, 0) is 0 Å². The van der Waals surface area contributed by atoms with Crippen LogP contribution in [0.25, 0.3) is 97.4 Å². The highest BCUT2D eigenvalue weighted by atomic mass is 32.1. The van der Waals surface area contributed by atoms with Gasteiger partial charge < -0.3 is 9.13 Å².